The number of carboxylic acids is 1. The summed E-state index contributed by atoms with van der Waals surface area (Å²) < 4.78 is 44.2. The maximum Gasteiger partial charge on any atom is 0.573 e. The van der Waals surface area contributed by atoms with Crippen LogP contribution in [0.3, 0.4) is 0 Å². The Morgan fingerprint density at radius 2 is 2.00 bits per heavy atom. The summed E-state index contributed by atoms with van der Waals surface area (Å²) in [5, 5.41) is 17.9. The van der Waals surface area contributed by atoms with E-state index < -0.39 is 24.2 Å². The molecule has 1 atom stereocenters. The van der Waals surface area contributed by atoms with Crippen molar-refractivity contribution in [2.45, 2.75) is 12.5 Å². The molecule has 5 nitrogen and oxygen atoms in total. The topological polar surface area (TPSA) is 76.0 Å². The minimum atomic E-state index is -4.86. The van der Waals surface area contributed by atoms with E-state index in [0.717, 1.165) is 25.3 Å². The Hall–Kier alpha value is -1.96. The van der Waals surface area contributed by atoms with E-state index in [-0.39, 0.29) is 11.3 Å². The third-order valence-electron chi connectivity index (χ3n) is 1.97. The molecular weight excluding hydrogens is 257 g/mol. The van der Waals surface area contributed by atoms with Crippen molar-refractivity contribution in [1.29, 1.82) is 0 Å². The molecule has 0 saturated heterocycles. The van der Waals surface area contributed by atoms with Crippen LogP contribution in [0.5, 0.6) is 11.5 Å². The lowest BCUT2D eigenvalue weighted by atomic mass is 10.1. The molecule has 0 saturated carbocycles. The van der Waals surface area contributed by atoms with Gasteiger partial charge < -0.3 is 19.7 Å². The maximum absolute atomic E-state index is 12.0. The van der Waals surface area contributed by atoms with Crippen LogP contribution in [0.15, 0.2) is 18.2 Å². The Bertz CT molecular complexity index is 444. The van der Waals surface area contributed by atoms with Gasteiger partial charge in [-0.2, -0.15) is 0 Å². The fourth-order valence-corrected chi connectivity index (χ4v) is 1.25. The molecule has 0 aromatic heterocycles. The number of ether oxygens (including phenoxy) is 2. The number of aliphatic hydroxyl groups is 1. The number of methoxy groups -OCH3 is 1. The molecule has 0 amide bonds. The summed E-state index contributed by atoms with van der Waals surface area (Å²) in [6.07, 6.45) is -6.75. The van der Waals surface area contributed by atoms with Gasteiger partial charge in [0, 0.05) is 11.6 Å². The van der Waals surface area contributed by atoms with Crippen molar-refractivity contribution in [1.82, 2.24) is 0 Å². The highest BCUT2D eigenvalue weighted by Gasteiger charge is 2.31. The van der Waals surface area contributed by atoms with E-state index in [0.29, 0.717) is 0 Å². The molecule has 0 spiro atoms. The number of hydrogen-bond donors (Lipinski definition) is 2. The number of carbonyl (C=O) groups is 1. The zero-order valence-corrected chi connectivity index (χ0v) is 9.06. The third kappa shape index (κ3) is 3.52. The molecule has 0 bridgehead atoms. The van der Waals surface area contributed by atoms with Gasteiger partial charge in [0.25, 0.3) is 0 Å². The standard InChI is InChI=1S/C10H9F3O5/c1-17-7-4-5(18-10(11,12)13)2-3-6(7)8(14)9(15)16/h2-4,8,14H,1H3,(H,15,16). The lowest BCUT2D eigenvalue weighted by molar-refractivity contribution is -0.274. The van der Waals surface area contributed by atoms with Crippen molar-refractivity contribution in [3.05, 3.63) is 23.8 Å². The van der Waals surface area contributed by atoms with E-state index in [2.05, 4.69) is 4.74 Å². The van der Waals surface area contributed by atoms with Gasteiger partial charge in [-0.05, 0) is 12.1 Å². The highest BCUT2D eigenvalue weighted by atomic mass is 19.4. The van der Waals surface area contributed by atoms with E-state index in [1.807, 2.05) is 0 Å². The number of hydrogen-bond acceptors (Lipinski definition) is 4. The smallest absolute Gasteiger partial charge is 0.496 e. The van der Waals surface area contributed by atoms with E-state index in [1.165, 1.54) is 0 Å². The fourth-order valence-electron chi connectivity index (χ4n) is 1.25. The Morgan fingerprint density at radius 3 is 2.44 bits per heavy atom. The van der Waals surface area contributed by atoms with Crippen LogP contribution in [0.25, 0.3) is 0 Å². The first-order valence-corrected chi connectivity index (χ1v) is 4.59. The predicted molar refractivity (Wildman–Crippen MR) is 52.3 cm³/mol. The Morgan fingerprint density at radius 1 is 1.39 bits per heavy atom. The van der Waals surface area contributed by atoms with Crippen LogP contribution >= 0.6 is 0 Å². The Kier molecular flexibility index (Phi) is 4.02. The van der Waals surface area contributed by atoms with Crippen LogP contribution < -0.4 is 9.47 Å². The van der Waals surface area contributed by atoms with Crippen LogP contribution in [0.1, 0.15) is 11.7 Å². The van der Waals surface area contributed by atoms with E-state index in [4.69, 9.17) is 9.84 Å². The molecule has 0 fully saturated rings. The fraction of sp³-hybridized carbons (Fsp3) is 0.300. The normalized spacial score (nSPS) is 12.9. The average molecular weight is 266 g/mol. The van der Waals surface area contributed by atoms with Gasteiger partial charge >= 0.3 is 12.3 Å². The predicted octanol–water partition coefficient (Wildman–Crippen LogP) is 1.71. The van der Waals surface area contributed by atoms with Crippen molar-refractivity contribution in [3.63, 3.8) is 0 Å². The molecule has 1 aromatic rings. The van der Waals surface area contributed by atoms with Gasteiger partial charge in [0.05, 0.1) is 7.11 Å². The summed E-state index contributed by atoms with van der Waals surface area (Å²) in [7, 11) is 1.13. The number of halogens is 3. The van der Waals surface area contributed by atoms with Crippen LogP contribution in [0.4, 0.5) is 13.2 Å². The number of aliphatic hydroxyl groups excluding tert-OH is 1. The van der Waals surface area contributed by atoms with Crippen molar-refractivity contribution >= 4 is 5.97 Å². The van der Waals surface area contributed by atoms with Gasteiger partial charge in [-0.25, -0.2) is 4.79 Å². The molecule has 0 aliphatic carbocycles. The highest BCUT2D eigenvalue weighted by Crippen LogP contribution is 2.32. The first-order valence-electron chi connectivity index (χ1n) is 4.59. The monoisotopic (exact) mass is 266 g/mol. The molecule has 1 rings (SSSR count). The van der Waals surface area contributed by atoms with E-state index >= 15 is 0 Å². The summed E-state index contributed by atoms with van der Waals surface area (Å²) in [6.45, 7) is 0. The molecule has 100 valence electrons. The lowest BCUT2D eigenvalue weighted by Crippen LogP contribution is -2.17. The summed E-state index contributed by atoms with van der Waals surface area (Å²) in [6, 6.07) is 2.71. The molecule has 0 aliphatic rings. The molecule has 0 radical (unpaired) electrons. The number of carboxylic acid groups (broad SMARTS) is 1. The number of alkyl halides is 3. The minimum Gasteiger partial charge on any atom is -0.496 e. The lowest BCUT2D eigenvalue weighted by Gasteiger charge is -2.14. The second-order valence-corrected chi connectivity index (χ2v) is 3.19. The van der Waals surface area contributed by atoms with Crippen molar-refractivity contribution in [2.24, 2.45) is 0 Å². The second-order valence-electron chi connectivity index (χ2n) is 3.19. The molecule has 2 N–H and O–H groups in total. The van der Waals surface area contributed by atoms with Gasteiger partial charge in [0.15, 0.2) is 6.10 Å². The van der Waals surface area contributed by atoms with Crippen LogP contribution in [-0.2, 0) is 4.79 Å². The third-order valence-corrected chi connectivity index (χ3v) is 1.97. The van der Waals surface area contributed by atoms with Crippen molar-refractivity contribution < 1.29 is 37.7 Å². The van der Waals surface area contributed by atoms with Gasteiger partial charge in [0.1, 0.15) is 11.5 Å². The number of aliphatic carboxylic acids is 1. The summed E-state index contributed by atoms with van der Waals surface area (Å²) >= 11 is 0. The van der Waals surface area contributed by atoms with Crippen LogP contribution in [0.2, 0.25) is 0 Å². The van der Waals surface area contributed by atoms with Gasteiger partial charge in [-0.3, -0.25) is 0 Å². The zero-order valence-electron chi connectivity index (χ0n) is 9.06. The maximum atomic E-state index is 12.0. The van der Waals surface area contributed by atoms with E-state index in [1.54, 1.807) is 0 Å². The quantitative estimate of drug-likeness (QED) is 0.867. The minimum absolute atomic E-state index is 0.167. The molecule has 0 aliphatic heterocycles. The molecule has 1 aromatic carbocycles. The molecule has 8 heteroatoms. The molecule has 1 unspecified atom stereocenters. The van der Waals surface area contributed by atoms with Crippen LogP contribution in [0, 0.1) is 0 Å². The van der Waals surface area contributed by atoms with Crippen molar-refractivity contribution in [2.75, 3.05) is 7.11 Å². The molecular formula is C10H9F3O5. The summed E-state index contributed by atoms with van der Waals surface area (Å²) in [5.41, 5.74) is -0.167. The van der Waals surface area contributed by atoms with Gasteiger partial charge in [-0.15, -0.1) is 13.2 Å². The first kappa shape index (κ1) is 14.1. The SMILES string of the molecule is COc1cc(OC(F)(F)F)ccc1C(O)C(=O)O. The van der Waals surface area contributed by atoms with Crippen molar-refractivity contribution in [3.8, 4) is 11.5 Å². The van der Waals surface area contributed by atoms with Gasteiger partial charge in [0.2, 0.25) is 0 Å². The molecule has 18 heavy (non-hydrogen) atoms. The largest absolute Gasteiger partial charge is 0.573 e. The number of rotatable bonds is 4. The summed E-state index contributed by atoms with van der Waals surface area (Å²) in [4.78, 5) is 10.6. The second kappa shape index (κ2) is 5.13. The van der Waals surface area contributed by atoms with Crippen LogP contribution in [-0.4, -0.2) is 29.7 Å². The number of benzene rings is 1. The first-order chi connectivity index (χ1) is 8.24. The molecule has 0 heterocycles. The van der Waals surface area contributed by atoms with E-state index in [9.17, 15) is 23.1 Å². The summed E-state index contributed by atoms with van der Waals surface area (Å²) in [5.74, 6) is -2.33. The average Bonchev–Trinajstić information content (AvgIpc) is 2.25. The zero-order chi connectivity index (χ0) is 13.9. The Labute approximate surface area is 99.4 Å². The Balaban J connectivity index is 3.07. The highest BCUT2D eigenvalue weighted by molar-refractivity contribution is 5.75. The van der Waals surface area contributed by atoms with Gasteiger partial charge in [-0.1, -0.05) is 0 Å².